The smallest absolute Gasteiger partial charge is 0.257 e. The molecule has 0 bridgehead atoms. The van der Waals surface area contributed by atoms with Crippen LogP contribution in [0, 0.1) is 36.1 Å². The van der Waals surface area contributed by atoms with Gasteiger partial charge in [0, 0.05) is 12.1 Å². The number of carbonyl (C=O) groups is 1. The van der Waals surface area contributed by atoms with E-state index in [2.05, 4.69) is 5.32 Å². The Labute approximate surface area is 116 Å². The van der Waals surface area contributed by atoms with Crippen LogP contribution >= 0.6 is 0 Å². The summed E-state index contributed by atoms with van der Waals surface area (Å²) < 4.78 is 53.3. The van der Waals surface area contributed by atoms with E-state index in [1.165, 1.54) is 0 Å². The molecule has 1 aromatic rings. The van der Waals surface area contributed by atoms with Crippen molar-refractivity contribution in [1.82, 2.24) is 5.32 Å². The molecule has 1 aromatic carbocycles. The van der Waals surface area contributed by atoms with Gasteiger partial charge in [0.05, 0.1) is 0 Å². The quantitative estimate of drug-likeness (QED) is 0.663. The lowest BCUT2D eigenvalue weighted by molar-refractivity contribution is 0.0938. The largest absolute Gasteiger partial charge is 0.352 e. The molecule has 0 aromatic heterocycles. The SMILES string of the molecule is CC.Cc1c(F)c(F)c(C(=O)NCC(C)C)c(F)c1F. The van der Waals surface area contributed by atoms with E-state index in [1.807, 2.05) is 13.8 Å². The maximum atomic E-state index is 13.4. The minimum absolute atomic E-state index is 0.0419. The number of rotatable bonds is 3. The van der Waals surface area contributed by atoms with E-state index in [9.17, 15) is 22.4 Å². The van der Waals surface area contributed by atoms with Crippen molar-refractivity contribution in [2.24, 2.45) is 5.92 Å². The van der Waals surface area contributed by atoms with E-state index in [0.29, 0.717) is 0 Å². The molecule has 0 heterocycles. The summed E-state index contributed by atoms with van der Waals surface area (Å²) in [6, 6.07) is 0. The molecule has 0 aliphatic carbocycles. The second-order valence-electron chi connectivity index (χ2n) is 4.36. The van der Waals surface area contributed by atoms with Crippen molar-refractivity contribution in [1.29, 1.82) is 0 Å². The third-order valence-corrected chi connectivity index (χ3v) is 2.38. The van der Waals surface area contributed by atoms with Gasteiger partial charge in [0.1, 0.15) is 5.56 Å². The average molecular weight is 293 g/mol. The number of amides is 1. The van der Waals surface area contributed by atoms with E-state index in [4.69, 9.17) is 0 Å². The lowest BCUT2D eigenvalue weighted by Crippen LogP contribution is -2.30. The Bertz CT molecular complexity index is 458. The van der Waals surface area contributed by atoms with Crippen LogP contribution in [0.4, 0.5) is 17.6 Å². The molecule has 0 aliphatic heterocycles. The van der Waals surface area contributed by atoms with Crippen molar-refractivity contribution in [3.05, 3.63) is 34.4 Å². The normalized spacial score (nSPS) is 10.1. The van der Waals surface area contributed by atoms with Crippen molar-refractivity contribution >= 4 is 5.91 Å². The van der Waals surface area contributed by atoms with Gasteiger partial charge in [-0.05, 0) is 12.8 Å². The molecule has 20 heavy (non-hydrogen) atoms. The molecule has 0 saturated heterocycles. The summed E-state index contributed by atoms with van der Waals surface area (Å²) in [5.41, 5.74) is -2.01. The highest BCUT2D eigenvalue weighted by atomic mass is 19.2. The van der Waals surface area contributed by atoms with E-state index < -0.39 is 40.3 Å². The highest BCUT2D eigenvalue weighted by molar-refractivity contribution is 5.94. The molecule has 1 rings (SSSR count). The lowest BCUT2D eigenvalue weighted by atomic mass is 10.1. The van der Waals surface area contributed by atoms with Gasteiger partial charge < -0.3 is 5.32 Å². The Morgan fingerprint density at radius 1 is 1.00 bits per heavy atom. The van der Waals surface area contributed by atoms with Crippen molar-refractivity contribution in [3.8, 4) is 0 Å². The van der Waals surface area contributed by atoms with Crippen LogP contribution < -0.4 is 5.32 Å². The van der Waals surface area contributed by atoms with Gasteiger partial charge in [-0.3, -0.25) is 4.79 Å². The van der Waals surface area contributed by atoms with E-state index in [1.54, 1.807) is 13.8 Å². The number of benzene rings is 1. The first-order valence-electron chi connectivity index (χ1n) is 6.38. The fourth-order valence-electron chi connectivity index (χ4n) is 1.33. The Balaban J connectivity index is 0.00000172. The van der Waals surface area contributed by atoms with Gasteiger partial charge in [0.2, 0.25) is 0 Å². The molecule has 1 N–H and O–H groups in total. The molecule has 0 radical (unpaired) electrons. The van der Waals surface area contributed by atoms with Crippen LogP contribution in [0.1, 0.15) is 43.6 Å². The summed E-state index contributed by atoms with van der Waals surface area (Å²) in [6.45, 7) is 8.58. The zero-order chi connectivity index (χ0) is 16.0. The molecule has 0 unspecified atom stereocenters. The Morgan fingerprint density at radius 2 is 1.40 bits per heavy atom. The van der Waals surface area contributed by atoms with Crippen LogP contribution in [0.5, 0.6) is 0 Å². The average Bonchev–Trinajstić information content (AvgIpc) is 2.43. The summed E-state index contributed by atoms with van der Waals surface area (Å²) in [4.78, 5) is 11.5. The molecular formula is C14H19F4NO. The monoisotopic (exact) mass is 293 g/mol. The predicted octanol–water partition coefficient (Wildman–Crippen LogP) is 3.96. The number of hydrogen-bond acceptors (Lipinski definition) is 1. The number of hydrogen-bond donors (Lipinski definition) is 1. The van der Waals surface area contributed by atoms with Crippen molar-refractivity contribution < 1.29 is 22.4 Å². The van der Waals surface area contributed by atoms with Gasteiger partial charge in [-0.1, -0.05) is 27.7 Å². The summed E-state index contributed by atoms with van der Waals surface area (Å²) in [5, 5.41) is 2.20. The lowest BCUT2D eigenvalue weighted by Gasteiger charge is -2.11. The van der Waals surface area contributed by atoms with Crippen molar-refractivity contribution in [2.45, 2.75) is 34.6 Å². The first kappa shape index (κ1) is 18.4. The van der Waals surface area contributed by atoms with E-state index >= 15 is 0 Å². The van der Waals surface area contributed by atoms with Crippen LogP contribution in [0.25, 0.3) is 0 Å². The predicted molar refractivity (Wildman–Crippen MR) is 69.5 cm³/mol. The Hall–Kier alpha value is -1.59. The third-order valence-electron chi connectivity index (χ3n) is 2.38. The molecule has 0 spiro atoms. The summed E-state index contributed by atoms with van der Waals surface area (Å²) in [6.07, 6.45) is 0. The van der Waals surface area contributed by atoms with Crippen LogP contribution in [-0.2, 0) is 0 Å². The molecule has 114 valence electrons. The minimum atomic E-state index is -1.67. The highest BCUT2D eigenvalue weighted by Gasteiger charge is 2.27. The third kappa shape index (κ3) is 3.95. The van der Waals surface area contributed by atoms with Crippen LogP contribution in [0.3, 0.4) is 0 Å². The first-order chi connectivity index (χ1) is 9.27. The zero-order valence-electron chi connectivity index (χ0n) is 12.2. The molecule has 2 nitrogen and oxygen atoms in total. The van der Waals surface area contributed by atoms with Gasteiger partial charge >= 0.3 is 0 Å². The van der Waals surface area contributed by atoms with Crippen LogP contribution in [-0.4, -0.2) is 12.5 Å². The van der Waals surface area contributed by atoms with Gasteiger partial charge in [-0.2, -0.15) is 0 Å². The molecule has 6 heteroatoms. The van der Waals surface area contributed by atoms with E-state index in [0.717, 1.165) is 6.92 Å². The Morgan fingerprint density at radius 3 is 1.75 bits per heavy atom. The highest BCUT2D eigenvalue weighted by Crippen LogP contribution is 2.23. The van der Waals surface area contributed by atoms with Gasteiger partial charge in [0.25, 0.3) is 5.91 Å². The summed E-state index contributed by atoms with van der Waals surface area (Å²) >= 11 is 0. The standard InChI is InChI=1S/C12H13F4NO.C2H6/c1-5(2)4-17-12(18)7-10(15)8(13)6(3)9(14)11(7)16;1-2/h5H,4H2,1-3H3,(H,17,18);1-2H3. The van der Waals surface area contributed by atoms with Gasteiger partial charge in [0.15, 0.2) is 23.3 Å². The molecular weight excluding hydrogens is 274 g/mol. The van der Waals surface area contributed by atoms with Crippen molar-refractivity contribution in [2.75, 3.05) is 6.54 Å². The Kier molecular flexibility index (Phi) is 7.24. The second-order valence-corrected chi connectivity index (χ2v) is 4.36. The summed E-state index contributed by atoms with van der Waals surface area (Å²) in [5.74, 6) is -7.58. The zero-order valence-corrected chi connectivity index (χ0v) is 12.2. The maximum absolute atomic E-state index is 13.4. The van der Waals surface area contributed by atoms with Gasteiger partial charge in [-0.25, -0.2) is 17.6 Å². The molecule has 0 fully saturated rings. The number of carbonyl (C=O) groups excluding carboxylic acids is 1. The first-order valence-corrected chi connectivity index (χ1v) is 6.38. The van der Waals surface area contributed by atoms with Crippen LogP contribution in [0.2, 0.25) is 0 Å². The van der Waals surface area contributed by atoms with E-state index in [-0.39, 0.29) is 12.5 Å². The molecule has 0 atom stereocenters. The van der Waals surface area contributed by atoms with Crippen molar-refractivity contribution in [3.63, 3.8) is 0 Å². The maximum Gasteiger partial charge on any atom is 0.257 e. The summed E-state index contributed by atoms with van der Waals surface area (Å²) in [7, 11) is 0. The topological polar surface area (TPSA) is 29.1 Å². The number of nitrogens with one attached hydrogen (secondary N) is 1. The van der Waals surface area contributed by atoms with Gasteiger partial charge in [-0.15, -0.1) is 0 Å². The minimum Gasteiger partial charge on any atom is -0.352 e. The fourth-order valence-corrected chi connectivity index (χ4v) is 1.33. The molecule has 0 saturated carbocycles. The second kappa shape index (κ2) is 7.87. The molecule has 1 amide bonds. The molecule has 0 aliphatic rings. The number of halogens is 4. The van der Waals surface area contributed by atoms with Crippen LogP contribution in [0.15, 0.2) is 0 Å². The fraction of sp³-hybridized carbons (Fsp3) is 0.500.